The first-order chi connectivity index (χ1) is 9.50. The van der Waals surface area contributed by atoms with E-state index in [9.17, 15) is 4.79 Å². The van der Waals surface area contributed by atoms with Gasteiger partial charge in [-0.05, 0) is 16.5 Å². The summed E-state index contributed by atoms with van der Waals surface area (Å²) >= 11 is 0. The lowest BCUT2D eigenvalue weighted by atomic mass is 9.71. The molecule has 0 fully saturated rings. The molecule has 2 aromatic rings. The molecule has 0 bridgehead atoms. The summed E-state index contributed by atoms with van der Waals surface area (Å²) in [5.74, 6) is 0.490. The van der Waals surface area contributed by atoms with Crippen LogP contribution in [0.1, 0.15) is 48.2 Å². The number of carbonyl (C=O) groups excluding carboxylic acids is 1. The molecular weight excluding hydrogens is 244 g/mol. The van der Waals surface area contributed by atoms with E-state index < -0.39 is 0 Å². The molecule has 2 atom stereocenters. The van der Waals surface area contributed by atoms with Crippen molar-refractivity contribution in [2.24, 2.45) is 11.3 Å². The molecule has 3 rings (SSSR count). The Bertz CT molecular complexity index is 634. The van der Waals surface area contributed by atoms with Crippen LogP contribution in [0.5, 0.6) is 0 Å². The lowest BCUT2D eigenvalue weighted by molar-refractivity contribution is 0.0825. The highest BCUT2D eigenvalue weighted by Gasteiger charge is 2.46. The molecule has 0 saturated carbocycles. The largest absolute Gasteiger partial charge is 0.294 e. The summed E-state index contributed by atoms with van der Waals surface area (Å²) in [6.07, 6.45) is 0. The maximum atomic E-state index is 12.8. The van der Waals surface area contributed by atoms with Gasteiger partial charge in [-0.1, -0.05) is 75.4 Å². The minimum Gasteiger partial charge on any atom is -0.294 e. The molecule has 1 aliphatic carbocycles. The number of carbonyl (C=O) groups is 1. The van der Waals surface area contributed by atoms with Crippen LogP contribution in [0.25, 0.3) is 0 Å². The van der Waals surface area contributed by atoms with Crippen molar-refractivity contribution in [3.63, 3.8) is 0 Å². The number of hydrogen-bond acceptors (Lipinski definition) is 1. The molecule has 0 spiro atoms. The summed E-state index contributed by atoms with van der Waals surface area (Å²) in [6.45, 7) is 6.49. The average Bonchev–Trinajstić information content (AvgIpc) is 2.74. The summed E-state index contributed by atoms with van der Waals surface area (Å²) in [5.41, 5.74) is 3.28. The number of benzene rings is 2. The highest BCUT2D eigenvalue weighted by Crippen LogP contribution is 2.49. The Morgan fingerprint density at radius 1 is 0.850 bits per heavy atom. The van der Waals surface area contributed by atoms with Gasteiger partial charge in [0.2, 0.25) is 0 Å². The number of fused-ring (bicyclic) bond motifs is 1. The number of rotatable bonds is 1. The monoisotopic (exact) mass is 264 g/mol. The quantitative estimate of drug-likeness (QED) is 0.731. The lowest BCUT2D eigenvalue weighted by Crippen LogP contribution is -2.29. The van der Waals surface area contributed by atoms with E-state index in [1.807, 2.05) is 24.3 Å². The second kappa shape index (κ2) is 4.59. The van der Waals surface area contributed by atoms with E-state index in [0.717, 1.165) is 5.56 Å². The summed E-state index contributed by atoms with van der Waals surface area (Å²) in [4.78, 5) is 12.8. The lowest BCUT2D eigenvalue weighted by Gasteiger charge is -2.31. The minimum atomic E-state index is -0.0450. The van der Waals surface area contributed by atoms with Crippen molar-refractivity contribution in [1.82, 2.24) is 0 Å². The van der Waals surface area contributed by atoms with Crippen molar-refractivity contribution < 1.29 is 4.79 Å². The summed E-state index contributed by atoms with van der Waals surface area (Å²) < 4.78 is 0. The van der Waals surface area contributed by atoms with Gasteiger partial charge >= 0.3 is 0 Å². The Labute approximate surface area is 120 Å². The molecule has 102 valence electrons. The molecule has 2 aromatic carbocycles. The van der Waals surface area contributed by atoms with Gasteiger partial charge in [0, 0.05) is 17.4 Å². The van der Waals surface area contributed by atoms with Crippen LogP contribution in [0.4, 0.5) is 0 Å². The molecular formula is C19H20O. The van der Waals surface area contributed by atoms with Crippen molar-refractivity contribution in [2.45, 2.75) is 26.7 Å². The summed E-state index contributed by atoms with van der Waals surface area (Å²) in [5, 5.41) is 0. The Hall–Kier alpha value is -1.89. The van der Waals surface area contributed by atoms with Crippen molar-refractivity contribution in [1.29, 1.82) is 0 Å². The van der Waals surface area contributed by atoms with Crippen LogP contribution < -0.4 is 0 Å². The third-order valence-corrected chi connectivity index (χ3v) is 4.27. The van der Waals surface area contributed by atoms with Crippen molar-refractivity contribution >= 4 is 5.78 Å². The van der Waals surface area contributed by atoms with Crippen molar-refractivity contribution in [2.75, 3.05) is 0 Å². The zero-order chi connectivity index (χ0) is 14.3. The van der Waals surface area contributed by atoms with E-state index in [0.29, 0.717) is 5.78 Å². The second-order valence-corrected chi connectivity index (χ2v) is 6.68. The van der Waals surface area contributed by atoms with Gasteiger partial charge in [0.05, 0.1) is 0 Å². The Morgan fingerprint density at radius 2 is 1.45 bits per heavy atom. The topological polar surface area (TPSA) is 17.1 Å². The van der Waals surface area contributed by atoms with Gasteiger partial charge < -0.3 is 0 Å². The van der Waals surface area contributed by atoms with Gasteiger partial charge in [0.1, 0.15) is 0 Å². The van der Waals surface area contributed by atoms with Crippen LogP contribution in [0.15, 0.2) is 54.6 Å². The number of Topliss-reactive ketones (excluding diaryl/α,β-unsaturated/α-hetero) is 1. The zero-order valence-electron chi connectivity index (χ0n) is 12.3. The maximum absolute atomic E-state index is 12.8. The highest BCUT2D eigenvalue weighted by molar-refractivity contribution is 6.04. The van der Waals surface area contributed by atoms with E-state index in [1.54, 1.807) is 0 Å². The SMILES string of the molecule is CC(C)(C)C1C(=O)c2ccccc2C1c1ccccc1. The third kappa shape index (κ3) is 1.98. The van der Waals surface area contributed by atoms with Crippen LogP contribution in [0.3, 0.4) is 0 Å². The molecule has 0 amide bonds. The predicted molar refractivity (Wildman–Crippen MR) is 82.0 cm³/mol. The van der Waals surface area contributed by atoms with Gasteiger partial charge in [0.15, 0.2) is 5.78 Å². The smallest absolute Gasteiger partial charge is 0.167 e. The standard InChI is InChI=1S/C19H20O/c1-19(2,3)17-16(13-9-5-4-6-10-13)14-11-7-8-12-15(14)18(17)20/h4-12,16-17H,1-3H3. The van der Waals surface area contributed by atoms with Crippen LogP contribution in [-0.2, 0) is 0 Å². The molecule has 1 aliphatic rings. The van der Waals surface area contributed by atoms with Gasteiger partial charge in [-0.15, -0.1) is 0 Å². The minimum absolute atomic E-state index is 0.0160. The Kier molecular flexibility index (Phi) is 3.01. The molecule has 0 radical (unpaired) electrons. The van der Waals surface area contributed by atoms with Crippen molar-refractivity contribution in [3.8, 4) is 0 Å². The van der Waals surface area contributed by atoms with Gasteiger partial charge in [-0.2, -0.15) is 0 Å². The van der Waals surface area contributed by atoms with E-state index in [4.69, 9.17) is 0 Å². The van der Waals surface area contributed by atoms with Crippen molar-refractivity contribution in [3.05, 3.63) is 71.3 Å². The first kappa shape index (κ1) is 13.1. The number of hydrogen-bond donors (Lipinski definition) is 0. The van der Waals surface area contributed by atoms with E-state index >= 15 is 0 Å². The van der Waals surface area contributed by atoms with Crippen LogP contribution in [0.2, 0.25) is 0 Å². The normalized spacial score (nSPS) is 21.9. The van der Waals surface area contributed by atoms with Crippen LogP contribution in [-0.4, -0.2) is 5.78 Å². The zero-order valence-corrected chi connectivity index (χ0v) is 12.3. The van der Waals surface area contributed by atoms with E-state index in [1.165, 1.54) is 11.1 Å². The molecule has 20 heavy (non-hydrogen) atoms. The van der Waals surface area contributed by atoms with E-state index in [2.05, 4.69) is 51.1 Å². The third-order valence-electron chi connectivity index (χ3n) is 4.27. The second-order valence-electron chi connectivity index (χ2n) is 6.68. The molecule has 1 heteroatoms. The van der Waals surface area contributed by atoms with Gasteiger partial charge in [-0.25, -0.2) is 0 Å². The summed E-state index contributed by atoms with van der Waals surface area (Å²) in [7, 11) is 0. The molecule has 0 aliphatic heterocycles. The Balaban J connectivity index is 2.20. The average molecular weight is 264 g/mol. The maximum Gasteiger partial charge on any atom is 0.167 e. The molecule has 0 aromatic heterocycles. The van der Waals surface area contributed by atoms with E-state index in [-0.39, 0.29) is 17.3 Å². The first-order valence-electron chi connectivity index (χ1n) is 7.18. The van der Waals surface area contributed by atoms with Gasteiger partial charge in [0.25, 0.3) is 0 Å². The highest BCUT2D eigenvalue weighted by atomic mass is 16.1. The molecule has 0 heterocycles. The van der Waals surface area contributed by atoms with Crippen LogP contribution in [0, 0.1) is 11.3 Å². The van der Waals surface area contributed by atoms with Gasteiger partial charge in [-0.3, -0.25) is 4.79 Å². The fourth-order valence-corrected chi connectivity index (χ4v) is 3.42. The Morgan fingerprint density at radius 3 is 2.10 bits per heavy atom. The molecule has 0 saturated heterocycles. The fourth-order valence-electron chi connectivity index (χ4n) is 3.42. The predicted octanol–water partition coefficient (Wildman–Crippen LogP) is 4.68. The molecule has 2 unspecified atom stereocenters. The number of ketones is 1. The summed E-state index contributed by atoms with van der Waals surface area (Å²) in [6, 6.07) is 18.5. The fraction of sp³-hybridized carbons (Fsp3) is 0.316. The van der Waals surface area contributed by atoms with Crippen LogP contribution >= 0.6 is 0 Å². The molecule has 1 nitrogen and oxygen atoms in total. The first-order valence-corrected chi connectivity index (χ1v) is 7.18. The molecule has 0 N–H and O–H groups in total.